The molecule has 14 rings (SSSR count). The molecule has 280 valence electrons. The van der Waals surface area contributed by atoms with Crippen LogP contribution in [0.4, 0.5) is 17.1 Å². The monoisotopic (exact) mass is 771 g/mol. The van der Waals surface area contributed by atoms with Gasteiger partial charge in [0.2, 0.25) is 0 Å². The fraction of sp³-hybridized carbons (Fsp3) is 0. The fourth-order valence-corrected chi connectivity index (χ4v) is 11.2. The second kappa shape index (κ2) is 12.2. The number of nitrogens with zero attached hydrogens (tertiary/aromatic N) is 3. The molecule has 2 aromatic heterocycles. The van der Waals surface area contributed by atoms with Gasteiger partial charge < -0.3 is 4.90 Å². The van der Waals surface area contributed by atoms with Gasteiger partial charge in [-0.1, -0.05) is 146 Å². The fourth-order valence-electron chi connectivity index (χ4n) is 11.2. The van der Waals surface area contributed by atoms with Gasteiger partial charge in [-0.2, -0.15) is 0 Å². The largest absolute Gasteiger partial charge is 0.307 e. The lowest BCUT2D eigenvalue weighted by Crippen LogP contribution is -2.10. The van der Waals surface area contributed by atoms with Gasteiger partial charge in [-0.15, -0.1) is 0 Å². The minimum atomic E-state index is 0.982. The Hall–Kier alpha value is -8.14. The van der Waals surface area contributed by atoms with Crippen LogP contribution >= 0.6 is 0 Å². The molecule has 12 aromatic carbocycles. The highest BCUT2D eigenvalue weighted by atomic mass is 15.2. The molecule has 0 bridgehead atoms. The highest BCUT2D eigenvalue weighted by Crippen LogP contribution is 2.58. The standard InChI is InChI=1S/C58H33N3/c1-3-12-35(13-4-1)50-55-44-23-9-22-43-48(61(37-18-10-30-59-32-37)38-19-11-31-60-33-38)29-28-45(52(43)44)56(55)51(36-14-5-2-6-15-36)58-47-27-25-42-40-21-8-17-34-16-7-20-39(49(34)40)41-24-26-46(57(50)58)54(47)53(41)42/h1-33H. The first-order valence-electron chi connectivity index (χ1n) is 21.0. The van der Waals surface area contributed by atoms with Gasteiger partial charge in [-0.25, -0.2) is 0 Å². The molecule has 0 aliphatic carbocycles. The van der Waals surface area contributed by atoms with E-state index in [1.807, 2.05) is 36.9 Å². The number of hydrogen-bond acceptors (Lipinski definition) is 3. The third kappa shape index (κ3) is 4.31. The summed E-state index contributed by atoms with van der Waals surface area (Å²) < 4.78 is 0. The van der Waals surface area contributed by atoms with Gasteiger partial charge in [0, 0.05) is 17.8 Å². The Morgan fingerprint density at radius 1 is 0.279 bits per heavy atom. The zero-order valence-electron chi connectivity index (χ0n) is 32.9. The molecule has 0 aliphatic rings. The molecule has 0 saturated carbocycles. The smallest absolute Gasteiger partial charge is 0.0645 e. The summed E-state index contributed by atoms with van der Waals surface area (Å²) in [6.45, 7) is 0. The second-order valence-electron chi connectivity index (χ2n) is 16.4. The number of rotatable bonds is 5. The van der Waals surface area contributed by atoms with Crippen LogP contribution in [0.25, 0.3) is 119 Å². The average Bonchev–Trinajstić information content (AvgIpc) is 3.84. The molecule has 2 heterocycles. The molecule has 0 aliphatic heterocycles. The second-order valence-corrected chi connectivity index (χ2v) is 16.4. The van der Waals surface area contributed by atoms with Crippen LogP contribution in [0.1, 0.15) is 0 Å². The third-order valence-corrected chi connectivity index (χ3v) is 13.4. The van der Waals surface area contributed by atoms with Crippen LogP contribution in [-0.4, -0.2) is 9.97 Å². The molecule has 0 unspecified atom stereocenters. The normalized spacial score (nSPS) is 12.3. The van der Waals surface area contributed by atoms with E-state index in [0.717, 1.165) is 17.1 Å². The predicted octanol–water partition coefficient (Wildman–Crippen LogP) is 16.0. The van der Waals surface area contributed by atoms with E-state index in [4.69, 9.17) is 0 Å². The van der Waals surface area contributed by atoms with E-state index in [1.54, 1.807) is 0 Å². The van der Waals surface area contributed by atoms with E-state index in [9.17, 15) is 0 Å². The first-order chi connectivity index (χ1) is 30.3. The van der Waals surface area contributed by atoms with E-state index < -0.39 is 0 Å². The van der Waals surface area contributed by atoms with Crippen molar-refractivity contribution in [1.29, 1.82) is 0 Å². The summed E-state index contributed by atoms with van der Waals surface area (Å²) in [6, 6.07) is 65.3. The summed E-state index contributed by atoms with van der Waals surface area (Å²) >= 11 is 0. The minimum Gasteiger partial charge on any atom is -0.307 e. The lowest BCUT2D eigenvalue weighted by Gasteiger charge is -2.26. The predicted molar refractivity (Wildman–Crippen MR) is 259 cm³/mol. The van der Waals surface area contributed by atoms with Crippen LogP contribution in [0, 0.1) is 0 Å². The van der Waals surface area contributed by atoms with Crippen molar-refractivity contribution in [2.45, 2.75) is 0 Å². The van der Waals surface area contributed by atoms with E-state index in [-0.39, 0.29) is 0 Å². The minimum absolute atomic E-state index is 0.982. The first-order valence-corrected chi connectivity index (χ1v) is 21.0. The molecule has 0 radical (unpaired) electrons. The van der Waals surface area contributed by atoms with Crippen LogP contribution in [0.5, 0.6) is 0 Å². The van der Waals surface area contributed by atoms with Crippen molar-refractivity contribution in [3.05, 3.63) is 201 Å². The number of hydrogen-bond donors (Lipinski definition) is 0. The molecule has 14 aromatic rings. The van der Waals surface area contributed by atoms with Gasteiger partial charge in [-0.3, -0.25) is 9.97 Å². The van der Waals surface area contributed by atoms with Crippen LogP contribution in [0.3, 0.4) is 0 Å². The lowest BCUT2D eigenvalue weighted by atomic mass is 9.87. The highest BCUT2D eigenvalue weighted by molar-refractivity contribution is 6.49. The zero-order valence-corrected chi connectivity index (χ0v) is 32.9. The first kappa shape index (κ1) is 32.8. The van der Waals surface area contributed by atoms with Crippen LogP contribution in [0.15, 0.2) is 201 Å². The topological polar surface area (TPSA) is 29.0 Å². The maximum absolute atomic E-state index is 4.56. The molecule has 0 N–H and O–H groups in total. The molecule has 0 spiro atoms. The summed E-state index contributed by atoms with van der Waals surface area (Å²) in [6.07, 6.45) is 7.53. The van der Waals surface area contributed by atoms with Crippen LogP contribution < -0.4 is 4.90 Å². The molecule has 0 saturated heterocycles. The van der Waals surface area contributed by atoms with E-state index >= 15 is 0 Å². The molecule has 0 amide bonds. The van der Waals surface area contributed by atoms with Crippen molar-refractivity contribution >= 4 is 114 Å². The number of fused-ring (bicyclic) bond motifs is 8. The molecule has 0 fully saturated rings. The van der Waals surface area contributed by atoms with Gasteiger partial charge >= 0.3 is 0 Å². The third-order valence-electron chi connectivity index (χ3n) is 13.4. The Labute approximate surface area is 350 Å². The van der Waals surface area contributed by atoms with Crippen molar-refractivity contribution in [3.8, 4) is 22.3 Å². The van der Waals surface area contributed by atoms with Crippen LogP contribution in [-0.2, 0) is 0 Å². The maximum Gasteiger partial charge on any atom is 0.0645 e. The van der Waals surface area contributed by atoms with Crippen molar-refractivity contribution in [3.63, 3.8) is 0 Å². The lowest BCUT2D eigenvalue weighted by molar-refractivity contribution is 1.21. The van der Waals surface area contributed by atoms with E-state index in [2.05, 4.69) is 179 Å². The van der Waals surface area contributed by atoms with Crippen molar-refractivity contribution in [2.24, 2.45) is 0 Å². The Morgan fingerprint density at radius 3 is 1.25 bits per heavy atom. The Kier molecular flexibility index (Phi) is 6.56. The van der Waals surface area contributed by atoms with Gasteiger partial charge in [0.05, 0.1) is 29.5 Å². The molecular weight excluding hydrogens is 739 g/mol. The van der Waals surface area contributed by atoms with Crippen molar-refractivity contribution < 1.29 is 0 Å². The molecule has 61 heavy (non-hydrogen) atoms. The summed E-state index contributed by atoms with van der Waals surface area (Å²) in [4.78, 5) is 11.4. The van der Waals surface area contributed by atoms with Gasteiger partial charge in [-0.05, 0) is 144 Å². The molecule has 3 nitrogen and oxygen atoms in total. The number of pyridine rings is 2. The average molecular weight is 772 g/mol. The number of aromatic nitrogens is 2. The summed E-state index contributed by atoms with van der Waals surface area (Å²) in [5, 5.41) is 23.4. The van der Waals surface area contributed by atoms with E-state index in [0.29, 0.717) is 0 Å². The molecule has 0 atom stereocenters. The quantitative estimate of drug-likeness (QED) is 0.129. The maximum atomic E-state index is 4.56. The Bertz CT molecular complexity index is 3800. The summed E-state index contributed by atoms with van der Waals surface area (Å²) in [5.74, 6) is 0. The highest BCUT2D eigenvalue weighted by Gasteiger charge is 2.29. The summed E-state index contributed by atoms with van der Waals surface area (Å²) in [7, 11) is 0. The molecular formula is C58H33N3. The number of anilines is 3. The van der Waals surface area contributed by atoms with Crippen LogP contribution in [0.2, 0.25) is 0 Å². The zero-order chi connectivity index (χ0) is 39.8. The Morgan fingerprint density at radius 2 is 0.705 bits per heavy atom. The Balaban J connectivity index is 1.22. The summed E-state index contributed by atoms with van der Waals surface area (Å²) in [5.41, 5.74) is 8.08. The van der Waals surface area contributed by atoms with Crippen molar-refractivity contribution in [1.82, 2.24) is 9.97 Å². The van der Waals surface area contributed by atoms with E-state index in [1.165, 1.54) is 119 Å². The van der Waals surface area contributed by atoms with Gasteiger partial charge in [0.25, 0.3) is 0 Å². The number of benzene rings is 10. The SMILES string of the molecule is c1ccc(-c2c3c4cccc5c(N(c6cccnc6)c6cccnc6)ccc(c3c(-c3ccccc3)c3c6ccc7c8cccc9cccc(c%10ccc(c23)c6c%107)c98)c54)cc1. The van der Waals surface area contributed by atoms with Gasteiger partial charge in [0.1, 0.15) is 0 Å². The molecule has 3 heteroatoms. The van der Waals surface area contributed by atoms with Crippen molar-refractivity contribution in [2.75, 3.05) is 4.90 Å². The van der Waals surface area contributed by atoms with Gasteiger partial charge in [0.15, 0.2) is 0 Å².